The van der Waals surface area contributed by atoms with Gasteiger partial charge in [-0.05, 0) is 37.1 Å². The molecule has 2 unspecified atom stereocenters. The summed E-state index contributed by atoms with van der Waals surface area (Å²) in [6.07, 6.45) is 0.895. The Morgan fingerprint density at radius 1 is 1.04 bits per heavy atom. The van der Waals surface area contributed by atoms with Crippen LogP contribution in [0.3, 0.4) is 0 Å². The Kier molecular flexibility index (Phi) is 5.03. The maximum Gasteiger partial charge on any atom is 0.224 e. The third-order valence-electron chi connectivity index (χ3n) is 5.62. The van der Waals surface area contributed by atoms with Crippen molar-refractivity contribution in [1.29, 1.82) is 0 Å². The summed E-state index contributed by atoms with van der Waals surface area (Å²) >= 11 is 0. The van der Waals surface area contributed by atoms with Gasteiger partial charge in [0.15, 0.2) is 0 Å². The van der Waals surface area contributed by atoms with E-state index < -0.39 is 0 Å². The van der Waals surface area contributed by atoms with Crippen molar-refractivity contribution in [3.63, 3.8) is 0 Å². The summed E-state index contributed by atoms with van der Waals surface area (Å²) in [7, 11) is 0. The molecule has 0 spiro atoms. The van der Waals surface area contributed by atoms with Crippen molar-refractivity contribution in [2.75, 3.05) is 41.3 Å². The Labute approximate surface area is 161 Å². The molecule has 2 aliphatic rings. The number of rotatable bonds is 3. The molecule has 0 aromatic heterocycles. The van der Waals surface area contributed by atoms with Crippen LogP contribution in [-0.4, -0.2) is 38.1 Å². The molecule has 0 saturated carbocycles. The van der Waals surface area contributed by atoms with Crippen LogP contribution in [0.5, 0.6) is 0 Å². The zero-order valence-corrected chi connectivity index (χ0v) is 16.1. The average molecular weight is 364 g/mol. The lowest BCUT2D eigenvalue weighted by Gasteiger charge is -2.40. The topological polar surface area (TPSA) is 47.6 Å². The number of nitrogens with one attached hydrogen (secondary N) is 2. The fourth-order valence-corrected chi connectivity index (χ4v) is 4.39. The van der Waals surface area contributed by atoms with E-state index in [1.165, 1.54) is 16.9 Å². The third kappa shape index (κ3) is 3.52. The number of amides is 1. The Hall–Kier alpha value is -2.53. The maximum atomic E-state index is 12.2. The minimum atomic E-state index is 0.106. The van der Waals surface area contributed by atoms with Crippen LogP contribution in [0, 0.1) is 0 Å². The van der Waals surface area contributed by atoms with Crippen molar-refractivity contribution in [2.24, 2.45) is 0 Å². The highest BCUT2D eigenvalue weighted by molar-refractivity contribution is 5.93. The molecule has 2 aliphatic heterocycles. The fraction of sp³-hybridized carbons (Fsp3) is 0.409. The van der Waals surface area contributed by atoms with Crippen molar-refractivity contribution in [2.45, 2.75) is 32.4 Å². The van der Waals surface area contributed by atoms with Gasteiger partial charge in [0.2, 0.25) is 5.91 Å². The molecule has 2 aromatic carbocycles. The SMILES string of the molecule is CC(=O)N1c2ccccc2C(Nc2ccccc2N2CCNCC2)CC1C. The van der Waals surface area contributed by atoms with Crippen LogP contribution in [0.1, 0.15) is 31.9 Å². The zero-order chi connectivity index (χ0) is 18.8. The number of benzene rings is 2. The lowest BCUT2D eigenvalue weighted by molar-refractivity contribution is -0.117. The Balaban J connectivity index is 1.65. The van der Waals surface area contributed by atoms with Gasteiger partial charge in [-0.2, -0.15) is 0 Å². The summed E-state index contributed by atoms with van der Waals surface area (Å²) in [5, 5.41) is 7.21. The van der Waals surface area contributed by atoms with Crippen LogP contribution < -0.4 is 20.4 Å². The van der Waals surface area contributed by atoms with Crippen LogP contribution in [-0.2, 0) is 4.79 Å². The van der Waals surface area contributed by atoms with E-state index in [0.717, 1.165) is 38.3 Å². The normalized spacial score (nSPS) is 22.3. The number of piperazine rings is 1. The van der Waals surface area contributed by atoms with E-state index in [0.29, 0.717) is 0 Å². The molecule has 0 bridgehead atoms. The number of fused-ring (bicyclic) bond motifs is 1. The number of hydrogen-bond acceptors (Lipinski definition) is 4. The summed E-state index contributed by atoms with van der Waals surface area (Å²) in [5.74, 6) is 0.106. The highest BCUT2D eigenvalue weighted by atomic mass is 16.2. The molecule has 2 heterocycles. The largest absolute Gasteiger partial charge is 0.376 e. The molecule has 0 aliphatic carbocycles. The van der Waals surface area contributed by atoms with Gasteiger partial charge in [-0.3, -0.25) is 4.79 Å². The van der Waals surface area contributed by atoms with Gasteiger partial charge in [0.25, 0.3) is 0 Å². The van der Waals surface area contributed by atoms with Gasteiger partial charge in [-0.15, -0.1) is 0 Å². The molecule has 2 atom stereocenters. The lowest BCUT2D eigenvalue weighted by Crippen LogP contribution is -2.44. The third-order valence-corrected chi connectivity index (χ3v) is 5.62. The lowest BCUT2D eigenvalue weighted by atomic mass is 9.91. The fourth-order valence-electron chi connectivity index (χ4n) is 4.39. The number of anilines is 3. The first-order valence-corrected chi connectivity index (χ1v) is 9.85. The van der Waals surface area contributed by atoms with Crippen molar-refractivity contribution in [3.05, 3.63) is 54.1 Å². The first-order chi connectivity index (χ1) is 13.1. The number of nitrogens with zero attached hydrogens (tertiary/aromatic N) is 2. The first kappa shape index (κ1) is 17.9. The second kappa shape index (κ2) is 7.61. The van der Waals surface area contributed by atoms with Crippen molar-refractivity contribution in [3.8, 4) is 0 Å². The van der Waals surface area contributed by atoms with Gasteiger partial charge in [-0.25, -0.2) is 0 Å². The van der Waals surface area contributed by atoms with Crippen LogP contribution in [0.15, 0.2) is 48.5 Å². The van der Waals surface area contributed by atoms with Gasteiger partial charge in [-0.1, -0.05) is 30.3 Å². The summed E-state index contributed by atoms with van der Waals surface area (Å²) in [5.41, 5.74) is 4.66. The molecule has 1 fully saturated rings. The minimum Gasteiger partial charge on any atom is -0.376 e. The average Bonchev–Trinajstić information content (AvgIpc) is 2.69. The molecule has 2 aromatic rings. The Bertz CT molecular complexity index is 815. The summed E-state index contributed by atoms with van der Waals surface area (Å²) in [6, 6.07) is 17.2. The van der Waals surface area contributed by atoms with E-state index in [1.54, 1.807) is 6.92 Å². The standard InChI is InChI=1S/C22H28N4O/c1-16-15-20(18-7-3-5-9-21(18)26(16)17(2)27)24-19-8-4-6-10-22(19)25-13-11-23-12-14-25/h3-10,16,20,23-24H,11-15H2,1-2H3. The summed E-state index contributed by atoms with van der Waals surface area (Å²) in [4.78, 5) is 16.6. The predicted octanol–water partition coefficient (Wildman–Crippen LogP) is 3.39. The van der Waals surface area contributed by atoms with Crippen molar-refractivity contribution >= 4 is 23.0 Å². The maximum absolute atomic E-state index is 12.2. The Morgan fingerprint density at radius 2 is 1.70 bits per heavy atom. The smallest absolute Gasteiger partial charge is 0.224 e. The number of para-hydroxylation sites is 3. The first-order valence-electron chi connectivity index (χ1n) is 9.85. The molecule has 5 heteroatoms. The molecule has 27 heavy (non-hydrogen) atoms. The van der Waals surface area contributed by atoms with Gasteiger partial charge in [0.05, 0.1) is 17.4 Å². The van der Waals surface area contributed by atoms with E-state index in [9.17, 15) is 4.79 Å². The zero-order valence-electron chi connectivity index (χ0n) is 16.1. The van der Waals surface area contributed by atoms with E-state index in [-0.39, 0.29) is 18.0 Å². The predicted molar refractivity (Wildman–Crippen MR) is 112 cm³/mol. The second-order valence-corrected chi connectivity index (χ2v) is 7.48. The molecular formula is C22H28N4O. The van der Waals surface area contributed by atoms with Crippen molar-refractivity contribution in [1.82, 2.24) is 5.32 Å². The molecule has 4 rings (SSSR count). The summed E-state index contributed by atoms with van der Waals surface area (Å²) in [6.45, 7) is 7.87. The van der Waals surface area contributed by atoms with Crippen LogP contribution >= 0.6 is 0 Å². The molecule has 0 radical (unpaired) electrons. The van der Waals surface area contributed by atoms with Crippen LogP contribution in [0.25, 0.3) is 0 Å². The minimum absolute atomic E-state index is 0.106. The highest BCUT2D eigenvalue weighted by Gasteiger charge is 2.32. The van der Waals surface area contributed by atoms with Crippen LogP contribution in [0.2, 0.25) is 0 Å². The van der Waals surface area contributed by atoms with E-state index in [1.807, 2.05) is 11.0 Å². The molecule has 2 N–H and O–H groups in total. The van der Waals surface area contributed by atoms with Gasteiger partial charge >= 0.3 is 0 Å². The second-order valence-electron chi connectivity index (χ2n) is 7.48. The van der Waals surface area contributed by atoms with E-state index >= 15 is 0 Å². The number of hydrogen-bond donors (Lipinski definition) is 2. The van der Waals surface area contributed by atoms with Gasteiger partial charge < -0.3 is 20.4 Å². The molecule has 1 amide bonds. The monoisotopic (exact) mass is 364 g/mol. The van der Waals surface area contributed by atoms with Crippen molar-refractivity contribution < 1.29 is 4.79 Å². The van der Waals surface area contributed by atoms with Crippen LogP contribution in [0.4, 0.5) is 17.1 Å². The molecule has 142 valence electrons. The van der Waals surface area contributed by atoms with E-state index in [2.05, 4.69) is 64.9 Å². The van der Waals surface area contributed by atoms with Gasteiger partial charge in [0, 0.05) is 44.8 Å². The highest BCUT2D eigenvalue weighted by Crippen LogP contribution is 2.40. The Morgan fingerprint density at radius 3 is 2.44 bits per heavy atom. The molecular weight excluding hydrogens is 336 g/mol. The number of carbonyl (C=O) groups excluding carboxylic acids is 1. The quantitative estimate of drug-likeness (QED) is 0.876. The summed E-state index contributed by atoms with van der Waals surface area (Å²) < 4.78 is 0. The van der Waals surface area contributed by atoms with E-state index in [4.69, 9.17) is 0 Å². The number of carbonyl (C=O) groups is 1. The molecule has 5 nitrogen and oxygen atoms in total. The molecule has 1 saturated heterocycles. The van der Waals surface area contributed by atoms with Gasteiger partial charge in [0.1, 0.15) is 0 Å².